The van der Waals surface area contributed by atoms with Crippen LogP contribution in [0.3, 0.4) is 0 Å². The first-order valence-electron chi connectivity index (χ1n) is 6.61. The molecule has 0 saturated carbocycles. The maximum absolute atomic E-state index is 13.9. The van der Waals surface area contributed by atoms with Gasteiger partial charge in [0.05, 0.1) is 12.1 Å². The van der Waals surface area contributed by atoms with Gasteiger partial charge in [0, 0.05) is 0 Å². The van der Waals surface area contributed by atoms with E-state index in [4.69, 9.17) is 4.74 Å². The topological polar surface area (TPSA) is 58.6 Å². The number of anilines is 1. The summed E-state index contributed by atoms with van der Waals surface area (Å²) in [7, 11) is 0. The van der Waals surface area contributed by atoms with E-state index in [0.717, 1.165) is 0 Å². The summed E-state index contributed by atoms with van der Waals surface area (Å²) < 4.78 is 19.3. The fourth-order valence-corrected chi connectivity index (χ4v) is 2.30. The first-order valence-corrected chi connectivity index (χ1v) is 6.61. The van der Waals surface area contributed by atoms with E-state index in [2.05, 4.69) is 5.32 Å². The number of nitrogens with one attached hydrogen (secondary N) is 1. The molecule has 0 bridgehead atoms. The second-order valence-corrected chi connectivity index (χ2v) is 4.90. The fourth-order valence-electron chi connectivity index (χ4n) is 2.30. The summed E-state index contributed by atoms with van der Waals surface area (Å²) in [6.45, 7) is 0.0175. The minimum Gasteiger partial charge on any atom is -0.491 e. The molecule has 21 heavy (non-hydrogen) atoms. The lowest BCUT2D eigenvalue weighted by atomic mass is 10.0. The Morgan fingerprint density at radius 3 is 2.81 bits per heavy atom. The smallest absolute Gasteiger partial charge is 0.228 e. The van der Waals surface area contributed by atoms with Crippen LogP contribution in [-0.4, -0.2) is 17.6 Å². The highest BCUT2D eigenvalue weighted by molar-refractivity contribution is 5.99. The number of ether oxygens (including phenoxy) is 1. The van der Waals surface area contributed by atoms with Crippen molar-refractivity contribution >= 4 is 11.6 Å². The number of carbonyl (C=O) groups is 1. The van der Waals surface area contributed by atoms with Gasteiger partial charge in [0.2, 0.25) is 5.91 Å². The molecule has 0 fully saturated rings. The van der Waals surface area contributed by atoms with E-state index >= 15 is 0 Å². The summed E-state index contributed by atoms with van der Waals surface area (Å²) >= 11 is 0. The van der Waals surface area contributed by atoms with Gasteiger partial charge in [-0.05, 0) is 29.3 Å². The average Bonchev–Trinajstić information content (AvgIpc) is 2.87. The van der Waals surface area contributed by atoms with E-state index in [1.165, 1.54) is 6.07 Å². The monoisotopic (exact) mass is 287 g/mol. The van der Waals surface area contributed by atoms with Crippen LogP contribution in [0.15, 0.2) is 42.5 Å². The number of aliphatic hydroxyl groups excluding tert-OH is 1. The van der Waals surface area contributed by atoms with Gasteiger partial charge < -0.3 is 15.2 Å². The van der Waals surface area contributed by atoms with E-state index in [1.807, 2.05) is 18.2 Å². The minimum absolute atomic E-state index is 0.0175. The average molecular weight is 287 g/mol. The maximum atomic E-state index is 13.9. The SMILES string of the molecule is O=C1Cc2cc(C(O)COc3ccccc3)cc(F)c2N1. The minimum atomic E-state index is -0.958. The van der Waals surface area contributed by atoms with Crippen molar-refractivity contribution in [3.8, 4) is 5.75 Å². The lowest BCUT2D eigenvalue weighted by Gasteiger charge is -2.14. The Labute approximate surface area is 121 Å². The molecule has 1 amide bonds. The lowest BCUT2D eigenvalue weighted by molar-refractivity contribution is -0.115. The molecule has 3 rings (SSSR count). The molecule has 2 aromatic carbocycles. The van der Waals surface area contributed by atoms with Gasteiger partial charge in [0.1, 0.15) is 24.3 Å². The van der Waals surface area contributed by atoms with E-state index in [-0.39, 0.29) is 24.6 Å². The van der Waals surface area contributed by atoms with E-state index in [1.54, 1.807) is 18.2 Å². The molecule has 108 valence electrons. The molecule has 4 nitrogen and oxygen atoms in total. The van der Waals surface area contributed by atoms with Crippen LogP contribution in [0.1, 0.15) is 17.2 Å². The molecular formula is C16H14FNO3. The maximum Gasteiger partial charge on any atom is 0.228 e. The molecule has 1 unspecified atom stereocenters. The number of para-hydroxylation sites is 1. The predicted molar refractivity (Wildman–Crippen MR) is 75.6 cm³/mol. The zero-order valence-corrected chi connectivity index (χ0v) is 11.2. The van der Waals surface area contributed by atoms with E-state index in [0.29, 0.717) is 16.9 Å². The Hall–Kier alpha value is -2.40. The van der Waals surface area contributed by atoms with Gasteiger partial charge in [-0.1, -0.05) is 24.3 Å². The molecule has 1 heterocycles. The van der Waals surface area contributed by atoms with Crippen LogP contribution in [0.5, 0.6) is 5.75 Å². The molecule has 1 aliphatic heterocycles. The third kappa shape index (κ3) is 2.87. The molecular weight excluding hydrogens is 273 g/mol. The lowest BCUT2D eigenvalue weighted by Crippen LogP contribution is -2.10. The standard InChI is InChI=1S/C16H14FNO3/c17-13-7-10(6-11-8-15(20)18-16(11)13)14(19)9-21-12-4-2-1-3-5-12/h1-7,14,19H,8-9H2,(H,18,20). The zero-order chi connectivity index (χ0) is 14.8. The van der Waals surface area contributed by atoms with E-state index < -0.39 is 11.9 Å². The Bertz CT molecular complexity index is 673. The highest BCUT2D eigenvalue weighted by Crippen LogP contribution is 2.30. The van der Waals surface area contributed by atoms with Gasteiger partial charge in [-0.25, -0.2) is 4.39 Å². The molecule has 1 aliphatic rings. The number of hydrogen-bond donors (Lipinski definition) is 2. The van der Waals surface area contributed by atoms with Crippen LogP contribution in [0.4, 0.5) is 10.1 Å². The fraction of sp³-hybridized carbons (Fsp3) is 0.188. The van der Waals surface area contributed by atoms with Crippen molar-refractivity contribution in [1.82, 2.24) is 0 Å². The van der Waals surface area contributed by atoms with Crippen molar-refractivity contribution in [3.05, 3.63) is 59.4 Å². The second kappa shape index (κ2) is 5.54. The molecule has 1 atom stereocenters. The Balaban J connectivity index is 1.73. The molecule has 0 aromatic heterocycles. The highest BCUT2D eigenvalue weighted by atomic mass is 19.1. The first kappa shape index (κ1) is 13.6. The molecule has 0 saturated heterocycles. The normalized spacial score (nSPS) is 14.5. The van der Waals surface area contributed by atoms with Crippen LogP contribution in [0, 0.1) is 5.82 Å². The number of aliphatic hydroxyl groups is 1. The number of halogens is 1. The number of rotatable bonds is 4. The van der Waals surface area contributed by atoms with Crippen LogP contribution >= 0.6 is 0 Å². The largest absolute Gasteiger partial charge is 0.491 e. The number of carbonyl (C=O) groups excluding carboxylic acids is 1. The number of amides is 1. The van der Waals surface area contributed by atoms with Gasteiger partial charge in [-0.3, -0.25) is 4.79 Å². The van der Waals surface area contributed by atoms with Crippen LogP contribution in [0.25, 0.3) is 0 Å². The second-order valence-electron chi connectivity index (χ2n) is 4.90. The van der Waals surface area contributed by atoms with Gasteiger partial charge in [-0.2, -0.15) is 0 Å². The van der Waals surface area contributed by atoms with Gasteiger partial charge in [-0.15, -0.1) is 0 Å². The van der Waals surface area contributed by atoms with E-state index in [9.17, 15) is 14.3 Å². The Kier molecular flexibility index (Phi) is 3.58. The summed E-state index contributed by atoms with van der Waals surface area (Å²) in [5.41, 5.74) is 1.17. The third-order valence-corrected chi connectivity index (χ3v) is 3.35. The van der Waals surface area contributed by atoms with Crippen molar-refractivity contribution in [2.24, 2.45) is 0 Å². The molecule has 0 aliphatic carbocycles. The molecule has 2 aromatic rings. The summed E-state index contributed by atoms with van der Waals surface area (Å²) in [5, 5.41) is 12.6. The number of hydrogen-bond acceptors (Lipinski definition) is 3. The number of benzene rings is 2. The summed E-state index contributed by atoms with van der Waals surface area (Å²) in [4.78, 5) is 11.3. The van der Waals surface area contributed by atoms with Crippen LogP contribution in [0.2, 0.25) is 0 Å². The Morgan fingerprint density at radius 1 is 1.29 bits per heavy atom. The van der Waals surface area contributed by atoms with Crippen molar-refractivity contribution < 1.29 is 19.0 Å². The van der Waals surface area contributed by atoms with Crippen molar-refractivity contribution in [3.63, 3.8) is 0 Å². The quantitative estimate of drug-likeness (QED) is 0.908. The zero-order valence-electron chi connectivity index (χ0n) is 11.2. The molecule has 0 spiro atoms. The van der Waals surface area contributed by atoms with Gasteiger partial charge >= 0.3 is 0 Å². The summed E-state index contributed by atoms with van der Waals surface area (Å²) in [6.07, 6.45) is -0.826. The first-order chi connectivity index (χ1) is 10.1. The highest BCUT2D eigenvalue weighted by Gasteiger charge is 2.23. The summed E-state index contributed by atoms with van der Waals surface area (Å²) in [5.74, 6) is -0.141. The molecule has 5 heteroatoms. The molecule has 0 radical (unpaired) electrons. The van der Waals surface area contributed by atoms with Crippen molar-refractivity contribution in [2.75, 3.05) is 11.9 Å². The number of fused-ring (bicyclic) bond motifs is 1. The summed E-state index contributed by atoms with van der Waals surface area (Å²) in [6, 6.07) is 11.9. The van der Waals surface area contributed by atoms with Crippen molar-refractivity contribution in [1.29, 1.82) is 0 Å². The Morgan fingerprint density at radius 2 is 2.05 bits per heavy atom. The predicted octanol–water partition coefficient (Wildman–Crippen LogP) is 2.43. The van der Waals surface area contributed by atoms with Gasteiger partial charge in [0.25, 0.3) is 0 Å². The van der Waals surface area contributed by atoms with Crippen molar-refractivity contribution in [2.45, 2.75) is 12.5 Å². The molecule has 2 N–H and O–H groups in total. The van der Waals surface area contributed by atoms with Crippen LogP contribution in [-0.2, 0) is 11.2 Å². The van der Waals surface area contributed by atoms with Crippen LogP contribution < -0.4 is 10.1 Å². The third-order valence-electron chi connectivity index (χ3n) is 3.35. The van der Waals surface area contributed by atoms with Gasteiger partial charge in [0.15, 0.2) is 0 Å².